The van der Waals surface area contributed by atoms with Gasteiger partial charge in [0.1, 0.15) is 5.01 Å². The van der Waals surface area contributed by atoms with E-state index in [2.05, 4.69) is 20.9 Å². The molecule has 0 unspecified atom stereocenters. The lowest BCUT2D eigenvalue weighted by molar-refractivity contribution is -0.114. The highest BCUT2D eigenvalue weighted by Gasteiger charge is 2.37. The number of hydrogen-bond donors (Lipinski definition) is 0. The number of anilines is 1. The van der Waals surface area contributed by atoms with Gasteiger partial charge in [0, 0.05) is 15.5 Å². The summed E-state index contributed by atoms with van der Waals surface area (Å²) in [6.07, 6.45) is 0. The van der Waals surface area contributed by atoms with Crippen LogP contribution in [-0.2, 0) is 11.3 Å². The Hall–Kier alpha value is -1.53. The molecule has 0 N–H and O–H groups in total. The molecule has 0 atom stereocenters. The molecule has 0 aliphatic carbocycles. The first-order chi connectivity index (χ1) is 9.08. The standard InChI is InChI=1S/C13H9BrN2O2S/c1-7-6-19-10(15-7)5-16-9-4-2-3-8(14)11(9)12(17)13(16)18/h2-4,6H,5H2,1H3. The van der Waals surface area contributed by atoms with E-state index < -0.39 is 11.7 Å². The number of benzene rings is 1. The quantitative estimate of drug-likeness (QED) is 0.792. The first-order valence-electron chi connectivity index (χ1n) is 5.63. The third-order valence-corrected chi connectivity index (χ3v) is 4.52. The number of aryl methyl sites for hydroxylation is 1. The number of aromatic nitrogens is 1. The number of halogens is 1. The average Bonchev–Trinajstić information content (AvgIpc) is 2.88. The van der Waals surface area contributed by atoms with Crippen LogP contribution in [0.25, 0.3) is 0 Å². The zero-order valence-electron chi connectivity index (χ0n) is 10.0. The van der Waals surface area contributed by atoms with Crippen LogP contribution in [0.4, 0.5) is 5.69 Å². The lowest BCUT2D eigenvalue weighted by atomic mass is 10.1. The van der Waals surface area contributed by atoms with E-state index in [-0.39, 0.29) is 0 Å². The Labute approximate surface area is 122 Å². The highest BCUT2D eigenvalue weighted by molar-refractivity contribution is 9.10. The van der Waals surface area contributed by atoms with Crippen LogP contribution in [0.3, 0.4) is 0 Å². The summed E-state index contributed by atoms with van der Waals surface area (Å²) < 4.78 is 0.654. The molecule has 0 saturated carbocycles. The number of ketones is 1. The lowest BCUT2D eigenvalue weighted by Gasteiger charge is -2.14. The van der Waals surface area contributed by atoms with E-state index in [0.29, 0.717) is 22.3 Å². The molecule has 2 aromatic rings. The number of rotatable bonds is 2. The summed E-state index contributed by atoms with van der Waals surface area (Å²) in [5, 5.41) is 2.76. The number of Topliss-reactive ketones (excluding diaryl/α,β-unsaturated/α-hetero) is 1. The van der Waals surface area contributed by atoms with Crippen LogP contribution in [0.5, 0.6) is 0 Å². The molecular formula is C13H9BrN2O2S. The maximum atomic E-state index is 12.1. The number of nitrogens with zero attached hydrogens (tertiary/aromatic N) is 2. The van der Waals surface area contributed by atoms with Gasteiger partial charge in [0.2, 0.25) is 0 Å². The Kier molecular flexibility index (Phi) is 2.99. The smallest absolute Gasteiger partial charge is 0.298 e. The van der Waals surface area contributed by atoms with Crippen LogP contribution < -0.4 is 4.90 Å². The molecule has 1 aromatic heterocycles. The topological polar surface area (TPSA) is 50.3 Å². The average molecular weight is 337 g/mol. The van der Waals surface area contributed by atoms with Crippen molar-refractivity contribution in [3.05, 3.63) is 44.3 Å². The molecule has 19 heavy (non-hydrogen) atoms. The molecule has 3 rings (SSSR count). The van der Waals surface area contributed by atoms with Crippen molar-refractivity contribution in [1.29, 1.82) is 0 Å². The predicted molar refractivity (Wildman–Crippen MR) is 76.5 cm³/mol. The molecule has 1 amide bonds. The molecular weight excluding hydrogens is 328 g/mol. The van der Waals surface area contributed by atoms with Gasteiger partial charge >= 0.3 is 0 Å². The number of carbonyl (C=O) groups is 2. The zero-order valence-corrected chi connectivity index (χ0v) is 12.4. The molecule has 96 valence electrons. The number of thiazole rings is 1. The van der Waals surface area contributed by atoms with Gasteiger partial charge in [-0.25, -0.2) is 4.98 Å². The fourth-order valence-corrected chi connectivity index (χ4v) is 3.36. The fraction of sp³-hybridized carbons (Fsp3) is 0.154. The van der Waals surface area contributed by atoms with Crippen molar-refractivity contribution in [2.24, 2.45) is 0 Å². The van der Waals surface area contributed by atoms with Gasteiger partial charge in [0.05, 0.1) is 17.8 Å². The van der Waals surface area contributed by atoms with Gasteiger partial charge in [-0.15, -0.1) is 11.3 Å². The van der Waals surface area contributed by atoms with E-state index in [4.69, 9.17) is 0 Å². The minimum absolute atomic E-state index is 0.340. The van der Waals surface area contributed by atoms with E-state index in [0.717, 1.165) is 10.7 Å². The first kappa shape index (κ1) is 12.5. The fourth-order valence-electron chi connectivity index (χ4n) is 2.07. The van der Waals surface area contributed by atoms with E-state index >= 15 is 0 Å². The summed E-state index contributed by atoms with van der Waals surface area (Å²) in [5.41, 5.74) is 2.02. The van der Waals surface area contributed by atoms with Crippen molar-refractivity contribution in [3.63, 3.8) is 0 Å². The Balaban J connectivity index is 2.02. The van der Waals surface area contributed by atoms with Crippen molar-refractivity contribution in [2.75, 3.05) is 4.90 Å². The van der Waals surface area contributed by atoms with Gasteiger partial charge in [-0.3, -0.25) is 14.5 Å². The van der Waals surface area contributed by atoms with Crippen LogP contribution in [0.2, 0.25) is 0 Å². The third-order valence-electron chi connectivity index (χ3n) is 2.91. The normalized spacial score (nSPS) is 14.1. The maximum absolute atomic E-state index is 12.1. The van der Waals surface area contributed by atoms with E-state index in [1.807, 2.05) is 18.4 Å². The summed E-state index contributed by atoms with van der Waals surface area (Å²) in [5.74, 6) is -0.953. The van der Waals surface area contributed by atoms with Crippen LogP contribution in [0.15, 0.2) is 28.1 Å². The van der Waals surface area contributed by atoms with Gasteiger partial charge in [0.25, 0.3) is 11.7 Å². The predicted octanol–water partition coefficient (Wildman–Crippen LogP) is 2.94. The summed E-state index contributed by atoms with van der Waals surface area (Å²) in [6.45, 7) is 2.24. The van der Waals surface area contributed by atoms with Crippen molar-refractivity contribution < 1.29 is 9.59 Å². The highest BCUT2D eigenvalue weighted by atomic mass is 79.9. The maximum Gasteiger partial charge on any atom is 0.299 e. The third kappa shape index (κ3) is 2.01. The monoisotopic (exact) mass is 336 g/mol. The van der Waals surface area contributed by atoms with Gasteiger partial charge in [0.15, 0.2) is 0 Å². The number of amides is 1. The van der Waals surface area contributed by atoms with E-state index in [1.54, 1.807) is 12.1 Å². The molecule has 2 heterocycles. The summed E-state index contributed by atoms with van der Waals surface area (Å²) in [4.78, 5) is 29.9. The molecule has 0 bridgehead atoms. The Morgan fingerprint density at radius 1 is 1.37 bits per heavy atom. The largest absolute Gasteiger partial charge is 0.299 e. The summed E-state index contributed by atoms with van der Waals surface area (Å²) >= 11 is 4.81. The molecule has 1 aliphatic rings. The van der Waals surface area contributed by atoms with Crippen LogP contribution in [-0.4, -0.2) is 16.7 Å². The second kappa shape index (κ2) is 4.54. The molecule has 1 aliphatic heterocycles. The molecule has 1 aromatic carbocycles. The van der Waals surface area contributed by atoms with Gasteiger partial charge in [-0.2, -0.15) is 0 Å². The highest BCUT2D eigenvalue weighted by Crippen LogP contribution is 2.35. The van der Waals surface area contributed by atoms with Crippen molar-refractivity contribution in [3.8, 4) is 0 Å². The summed E-state index contributed by atoms with van der Waals surface area (Å²) in [6, 6.07) is 5.36. The first-order valence-corrected chi connectivity index (χ1v) is 7.31. The number of carbonyl (C=O) groups excluding carboxylic acids is 2. The molecule has 0 spiro atoms. The molecule has 0 fully saturated rings. The van der Waals surface area contributed by atoms with Crippen molar-refractivity contribution in [2.45, 2.75) is 13.5 Å². The van der Waals surface area contributed by atoms with Crippen LogP contribution in [0, 0.1) is 6.92 Å². The van der Waals surface area contributed by atoms with Crippen molar-refractivity contribution in [1.82, 2.24) is 4.98 Å². The number of fused-ring (bicyclic) bond motifs is 1. The molecule has 4 nitrogen and oxygen atoms in total. The SMILES string of the molecule is Cc1csc(CN2C(=O)C(=O)c3c(Br)cccc32)n1. The second-order valence-electron chi connectivity index (χ2n) is 4.24. The van der Waals surface area contributed by atoms with E-state index in [9.17, 15) is 9.59 Å². The number of hydrogen-bond acceptors (Lipinski definition) is 4. The summed E-state index contributed by atoms with van der Waals surface area (Å²) in [7, 11) is 0. The molecule has 6 heteroatoms. The zero-order chi connectivity index (χ0) is 13.6. The van der Waals surface area contributed by atoms with Gasteiger partial charge < -0.3 is 0 Å². The Morgan fingerprint density at radius 3 is 2.84 bits per heavy atom. The van der Waals surface area contributed by atoms with Gasteiger partial charge in [-0.05, 0) is 35.0 Å². The molecule has 0 radical (unpaired) electrons. The second-order valence-corrected chi connectivity index (χ2v) is 6.03. The Bertz CT molecular complexity index is 696. The van der Waals surface area contributed by atoms with Gasteiger partial charge in [-0.1, -0.05) is 6.07 Å². The minimum atomic E-state index is -0.491. The van der Waals surface area contributed by atoms with Crippen molar-refractivity contribution >= 4 is 44.6 Å². The van der Waals surface area contributed by atoms with Crippen LogP contribution in [0.1, 0.15) is 21.1 Å². The van der Waals surface area contributed by atoms with E-state index in [1.165, 1.54) is 16.2 Å². The lowest BCUT2D eigenvalue weighted by Crippen LogP contribution is -2.29. The van der Waals surface area contributed by atoms with Crippen LogP contribution >= 0.6 is 27.3 Å². The Morgan fingerprint density at radius 2 is 2.16 bits per heavy atom. The minimum Gasteiger partial charge on any atom is -0.298 e. The molecule has 0 saturated heterocycles.